The normalized spacial score (nSPS) is 21.0. The minimum Gasteiger partial charge on any atom is -0.380 e. The van der Waals surface area contributed by atoms with Crippen molar-refractivity contribution in [2.75, 3.05) is 26.4 Å². The van der Waals surface area contributed by atoms with E-state index in [1.165, 1.54) is 6.42 Å². The maximum absolute atomic E-state index is 5.83. The van der Waals surface area contributed by atoms with Crippen LogP contribution in [0.4, 0.5) is 0 Å². The molecule has 0 bridgehead atoms. The van der Waals surface area contributed by atoms with E-state index >= 15 is 0 Å². The van der Waals surface area contributed by atoms with Crippen LogP contribution in [0.25, 0.3) is 0 Å². The van der Waals surface area contributed by atoms with E-state index in [-0.39, 0.29) is 0 Å². The summed E-state index contributed by atoms with van der Waals surface area (Å²) < 4.78 is 17.0. The number of rotatable bonds is 8. The molecule has 102 valence electrons. The highest BCUT2D eigenvalue weighted by molar-refractivity contribution is 4.88. The van der Waals surface area contributed by atoms with E-state index in [1.54, 1.807) is 0 Å². The maximum Gasteiger partial charge on any atom is 0.167 e. The van der Waals surface area contributed by atoms with E-state index in [0.717, 1.165) is 19.6 Å². The lowest BCUT2D eigenvalue weighted by molar-refractivity contribution is -0.260. The third-order valence-corrected chi connectivity index (χ3v) is 4.06. The zero-order valence-corrected chi connectivity index (χ0v) is 12.0. The Morgan fingerprint density at radius 1 is 1.18 bits per heavy atom. The highest BCUT2D eigenvalue weighted by atomic mass is 16.7. The largest absolute Gasteiger partial charge is 0.380 e. The van der Waals surface area contributed by atoms with Crippen molar-refractivity contribution in [2.45, 2.75) is 53.2 Å². The van der Waals surface area contributed by atoms with Crippen molar-refractivity contribution in [3.8, 4) is 0 Å². The summed E-state index contributed by atoms with van der Waals surface area (Å²) >= 11 is 0. The minimum atomic E-state index is -0.457. The fraction of sp³-hybridized carbons (Fsp3) is 1.00. The third kappa shape index (κ3) is 3.43. The molecule has 0 aromatic rings. The molecule has 3 nitrogen and oxygen atoms in total. The predicted molar refractivity (Wildman–Crippen MR) is 69.0 cm³/mol. The van der Waals surface area contributed by atoms with Crippen LogP contribution < -0.4 is 0 Å². The molecule has 0 amide bonds. The molecule has 17 heavy (non-hydrogen) atoms. The fourth-order valence-corrected chi connectivity index (χ4v) is 2.59. The molecule has 1 aliphatic rings. The van der Waals surface area contributed by atoms with E-state index < -0.39 is 5.79 Å². The summed E-state index contributed by atoms with van der Waals surface area (Å²) in [6, 6.07) is 0. The zero-order chi connectivity index (χ0) is 12.9. The molecule has 0 aliphatic carbocycles. The Morgan fingerprint density at radius 2 is 1.71 bits per heavy atom. The standard InChI is InChI=1S/C14H28O3/c1-6-14(10-15-11-14)9-12(4)13(5,16-7-2)17-8-3/h12H,6-11H2,1-5H3. The van der Waals surface area contributed by atoms with Crippen molar-refractivity contribution < 1.29 is 14.2 Å². The average molecular weight is 244 g/mol. The number of hydrogen-bond donors (Lipinski definition) is 0. The van der Waals surface area contributed by atoms with Crippen molar-refractivity contribution in [1.82, 2.24) is 0 Å². The van der Waals surface area contributed by atoms with Gasteiger partial charge in [0.05, 0.1) is 13.2 Å². The molecule has 0 radical (unpaired) electrons. The summed E-state index contributed by atoms with van der Waals surface area (Å²) in [6.45, 7) is 13.7. The van der Waals surface area contributed by atoms with Gasteiger partial charge in [-0.3, -0.25) is 0 Å². The van der Waals surface area contributed by atoms with Gasteiger partial charge >= 0.3 is 0 Å². The monoisotopic (exact) mass is 244 g/mol. The first kappa shape index (κ1) is 14.9. The van der Waals surface area contributed by atoms with E-state index in [4.69, 9.17) is 14.2 Å². The number of hydrogen-bond acceptors (Lipinski definition) is 3. The van der Waals surface area contributed by atoms with Crippen LogP contribution in [0.1, 0.15) is 47.5 Å². The predicted octanol–water partition coefficient (Wildman–Crippen LogP) is 3.23. The fourth-order valence-electron chi connectivity index (χ4n) is 2.59. The zero-order valence-electron chi connectivity index (χ0n) is 12.0. The molecule has 0 aromatic carbocycles. The molecule has 1 fully saturated rings. The van der Waals surface area contributed by atoms with E-state index in [0.29, 0.717) is 24.5 Å². The molecule has 0 spiro atoms. The van der Waals surface area contributed by atoms with Gasteiger partial charge in [-0.1, -0.05) is 13.8 Å². The lowest BCUT2D eigenvalue weighted by Crippen LogP contribution is -2.48. The lowest BCUT2D eigenvalue weighted by Gasteiger charge is -2.46. The molecule has 3 heteroatoms. The molecule has 1 aliphatic heterocycles. The van der Waals surface area contributed by atoms with E-state index in [1.807, 2.05) is 13.8 Å². The van der Waals surface area contributed by atoms with Crippen LogP contribution >= 0.6 is 0 Å². The summed E-state index contributed by atoms with van der Waals surface area (Å²) in [4.78, 5) is 0. The van der Waals surface area contributed by atoms with Gasteiger partial charge in [0.1, 0.15) is 0 Å². The van der Waals surface area contributed by atoms with Crippen LogP contribution in [0.2, 0.25) is 0 Å². The highest BCUT2D eigenvalue weighted by Gasteiger charge is 2.43. The summed E-state index contributed by atoms with van der Waals surface area (Å²) in [5.41, 5.74) is 0.356. The van der Waals surface area contributed by atoms with Gasteiger partial charge in [-0.15, -0.1) is 0 Å². The van der Waals surface area contributed by atoms with Crippen molar-refractivity contribution in [3.63, 3.8) is 0 Å². The van der Waals surface area contributed by atoms with Crippen LogP contribution in [-0.2, 0) is 14.2 Å². The first-order valence-electron chi connectivity index (χ1n) is 6.87. The second kappa shape index (κ2) is 6.17. The Bertz CT molecular complexity index is 212. The molecule has 0 aromatic heterocycles. The molecule has 1 rings (SSSR count). The maximum atomic E-state index is 5.83. The third-order valence-electron chi connectivity index (χ3n) is 4.06. The van der Waals surface area contributed by atoms with Crippen LogP contribution in [0.15, 0.2) is 0 Å². The first-order valence-corrected chi connectivity index (χ1v) is 6.87. The van der Waals surface area contributed by atoms with Gasteiger partial charge in [-0.05, 0) is 33.6 Å². The Balaban J connectivity index is 2.60. The summed E-state index contributed by atoms with van der Waals surface area (Å²) in [5, 5.41) is 0. The van der Waals surface area contributed by atoms with E-state index in [9.17, 15) is 0 Å². The average Bonchev–Trinajstić information content (AvgIpc) is 2.23. The summed E-state index contributed by atoms with van der Waals surface area (Å²) in [5.74, 6) is -0.0763. The van der Waals surface area contributed by atoms with Gasteiger partial charge in [0.2, 0.25) is 0 Å². The van der Waals surface area contributed by atoms with Crippen LogP contribution in [0.3, 0.4) is 0 Å². The Kier molecular flexibility index (Phi) is 5.42. The van der Waals surface area contributed by atoms with E-state index in [2.05, 4.69) is 20.8 Å². The lowest BCUT2D eigenvalue weighted by atomic mass is 9.74. The van der Waals surface area contributed by atoms with Gasteiger partial charge in [0.15, 0.2) is 5.79 Å². The summed E-state index contributed by atoms with van der Waals surface area (Å²) in [7, 11) is 0. The Morgan fingerprint density at radius 3 is 2.00 bits per heavy atom. The van der Waals surface area contributed by atoms with Crippen molar-refractivity contribution in [2.24, 2.45) is 11.3 Å². The van der Waals surface area contributed by atoms with Crippen molar-refractivity contribution in [3.05, 3.63) is 0 Å². The first-order chi connectivity index (χ1) is 8.02. The molecular formula is C14H28O3. The van der Waals surface area contributed by atoms with Gasteiger partial charge in [-0.25, -0.2) is 0 Å². The quantitative estimate of drug-likeness (QED) is 0.614. The molecule has 1 unspecified atom stereocenters. The topological polar surface area (TPSA) is 27.7 Å². The van der Waals surface area contributed by atoms with Gasteiger partial charge < -0.3 is 14.2 Å². The molecule has 1 heterocycles. The summed E-state index contributed by atoms with van der Waals surface area (Å²) in [6.07, 6.45) is 2.28. The molecule has 0 saturated carbocycles. The molecular weight excluding hydrogens is 216 g/mol. The van der Waals surface area contributed by atoms with Crippen molar-refractivity contribution in [1.29, 1.82) is 0 Å². The Labute approximate surface area is 106 Å². The second-order valence-corrected chi connectivity index (χ2v) is 5.33. The number of ether oxygens (including phenoxy) is 3. The van der Waals surface area contributed by atoms with Gasteiger partial charge in [0, 0.05) is 24.5 Å². The van der Waals surface area contributed by atoms with Crippen LogP contribution in [0, 0.1) is 11.3 Å². The second-order valence-electron chi connectivity index (χ2n) is 5.33. The molecule has 0 N–H and O–H groups in total. The van der Waals surface area contributed by atoms with Crippen LogP contribution in [0.5, 0.6) is 0 Å². The van der Waals surface area contributed by atoms with Crippen LogP contribution in [-0.4, -0.2) is 32.2 Å². The van der Waals surface area contributed by atoms with Gasteiger partial charge in [0.25, 0.3) is 0 Å². The minimum absolute atomic E-state index is 0.356. The van der Waals surface area contributed by atoms with Crippen molar-refractivity contribution >= 4 is 0 Å². The molecule has 1 atom stereocenters. The SMILES string of the molecule is CCOC(C)(OCC)C(C)CC1(CC)COC1. The highest BCUT2D eigenvalue weighted by Crippen LogP contribution is 2.41. The Hall–Kier alpha value is -0.120. The smallest absolute Gasteiger partial charge is 0.167 e. The van der Waals surface area contributed by atoms with Gasteiger partial charge in [-0.2, -0.15) is 0 Å². The molecule has 1 saturated heterocycles.